The van der Waals surface area contributed by atoms with Crippen molar-refractivity contribution >= 4 is 94.4 Å². The Bertz CT molecular complexity index is 3620. The number of hydrogen-bond donors (Lipinski definition) is 7. The molecule has 18 atom stereocenters. The molecular formula is C80H122N10O25. The molecule has 35 heteroatoms. The van der Waals surface area contributed by atoms with Crippen LogP contribution in [0, 0.1) is 71.0 Å². The number of benzene rings is 2. The lowest BCUT2D eigenvalue weighted by Crippen LogP contribution is -2.50. The van der Waals surface area contributed by atoms with Crippen LogP contribution in [0.4, 0.5) is 11.4 Å². The first-order chi connectivity index (χ1) is 54.5. The summed E-state index contributed by atoms with van der Waals surface area (Å²) in [7, 11) is 21.6. The molecule has 0 aliphatic carbocycles. The number of methoxy groups -OCH3 is 6. The number of cyclic esters (lactones) is 2. The number of amides is 8. The highest BCUT2D eigenvalue weighted by Crippen LogP contribution is 2.45. The third-order valence-electron chi connectivity index (χ3n) is 22.1. The number of nitrogens with zero attached hydrogens (tertiary/aromatic N) is 6. The van der Waals surface area contributed by atoms with Gasteiger partial charge in [-0.1, -0.05) is 13.8 Å². The average molecular weight is 1620 g/mol. The van der Waals surface area contributed by atoms with Gasteiger partial charge in [0.25, 0.3) is 11.8 Å². The summed E-state index contributed by atoms with van der Waals surface area (Å²) in [6.07, 6.45) is -11.3. The molecule has 18 unspecified atom stereocenters. The highest BCUT2D eigenvalue weighted by molar-refractivity contribution is 6.07. The molecular weight excluding hydrogens is 1500 g/mol. The van der Waals surface area contributed by atoms with Gasteiger partial charge in [-0.2, -0.15) is 0 Å². The number of rotatable bonds is 53. The number of anilines is 2. The smallest absolute Gasteiger partial charge is 0.320 e. The number of likely N-dealkylation sites (tertiary alicyclic amines) is 2. The molecule has 0 radical (unpaired) electrons. The first-order valence-corrected chi connectivity index (χ1v) is 39.0. The molecule has 3 heterocycles. The van der Waals surface area contributed by atoms with Crippen LogP contribution >= 0.6 is 0 Å². The Labute approximate surface area is 673 Å². The van der Waals surface area contributed by atoms with Crippen LogP contribution in [0.1, 0.15) is 106 Å². The van der Waals surface area contributed by atoms with E-state index in [0.717, 1.165) is 42.5 Å². The summed E-state index contributed by atoms with van der Waals surface area (Å²) in [6.45, 7) is 4.48. The third-order valence-corrected chi connectivity index (χ3v) is 22.1. The molecule has 35 nitrogen and oxygen atoms in total. The van der Waals surface area contributed by atoms with Crippen LogP contribution in [0.15, 0.2) is 48.5 Å². The van der Waals surface area contributed by atoms with Gasteiger partial charge in [-0.05, 0) is 161 Å². The largest absolute Gasteiger partial charge is 0.481 e. The predicted octanol–water partition coefficient (Wildman–Crippen LogP) is 2.40. The predicted molar refractivity (Wildman–Crippen MR) is 418 cm³/mol. The van der Waals surface area contributed by atoms with Gasteiger partial charge in [0.1, 0.15) is 0 Å². The Morgan fingerprint density at radius 1 is 0.452 bits per heavy atom. The molecule has 7 N–H and O–H groups in total. The van der Waals surface area contributed by atoms with Gasteiger partial charge in [-0.25, -0.2) is 0 Å². The van der Waals surface area contributed by atoms with E-state index in [9.17, 15) is 58.5 Å². The molecule has 642 valence electrons. The summed E-state index contributed by atoms with van der Waals surface area (Å²) in [5.74, 6) is -33.5. The van der Waals surface area contributed by atoms with E-state index in [2.05, 4.69) is 21.3 Å². The zero-order valence-corrected chi connectivity index (χ0v) is 69.5. The number of imide groups is 2. The number of nitrogens with one attached hydrogen (secondary N) is 4. The normalized spacial score (nSPS) is 20.8. The Morgan fingerprint density at radius 2 is 0.852 bits per heavy atom. The molecule has 0 saturated carbocycles. The quantitative estimate of drug-likeness (QED) is 0.0216. The van der Waals surface area contributed by atoms with Crippen molar-refractivity contribution in [2.45, 2.75) is 122 Å². The molecule has 2 aromatic carbocycles. The minimum Gasteiger partial charge on any atom is -0.481 e. The Balaban J connectivity index is 1.63. The first-order valence-electron chi connectivity index (χ1n) is 39.0. The highest BCUT2D eigenvalue weighted by Gasteiger charge is 2.59. The summed E-state index contributed by atoms with van der Waals surface area (Å²) in [6, 6.07) is 13.7. The fourth-order valence-electron chi connectivity index (χ4n) is 15.8. The summed E-state index contributed by atoms with van der Waals surface area (Å²) < 4.78 is 46.2. The van der Waals surface area contributed by atoms with E-state index in [-0.39, 0.29) is 77.5 Å². The fourth-order valence-corrected chi connectivity index (χ4v) is 15.8. The highest BCUT2D eigenvalue weighted by atomic mass is 16.6. The van der Waals surface area contributed by atoms with E-state index >= 15 is 24.0 Å². The average Bonchev–Trinajstić information content (AvgIpc) is 1.61. The number of carboxylic acid groups (broad SMARTS) is 3. The molecule has 0 spiro atoms. The number of hydrogen-bond acceptors (Lipinski definition) is 26. The van der Waals surface area contributed by atoms with Crippen molar-refractivity contribution in [3.8, 4) is 0 Å². The van der Waals surface area contributed by atoms with Crippen molar-refractivity contribution in [2.75, 3.05) is 168 Å². The van der Waals surface area contributed by atoms with Crippen molar-refractivity contribution in [2.24, 2.45) is 71.0 Å². The third kappa shape index (κ3) is 25.7. The second kappa shape index (κ2) is 46.6. The maximum Gasteiger partial charge on any atom is 0.320 e. The van der Waals surface area contributed by atoms with E-state index < -0.39 is 217 Å². The standard InChI is InChI=1S/C80H122N10O25/c1-18-55(108-12)62(69(93)83-33-20-32-81-67(91)46-24-28-48(29-25-46)87(8)9)52(75(99)100)42-59(112-16)65-51(71(95)89(73(65)97)38-22-35-82-68(92)47-26-30-49(31-27-47)88(10)11)41-58(111-15)64-50(72(96)90(74(64)98)39-23-37-86(6)7)40-57(110-14)63(70(94)84-34-21-36-85(4)5)53(76(101)102)43-60(113-17)66(79(106)114-19-2)54(77(103)104)44-56(109-13)61-45(3)78(105)115-80(61)107/h24-31,45,50-66H,18-23,32-44H2,1-17H3,(H,81,91)(H,82,92)(H,83,93)(H,84,94)(H,99,100)(H,101,102)(H,103,104). The molecule has 3 saturated heterocycles. The molecule has 3 aliphatic heterocycles. The Hall–Kier alpha value is -9.10. The molecule has 115 heavy (non-hydrogen) atoms. The van der Waals surface area contributed by atoms with Gasteiger partial charge in [-0.15, -0.1) is 0 Å². The summed E-state index contributed by atoms with van der Waals surface area (Å²) in [5.41, 5.74) is 2.44. The Morgan fingerprint density at radius 3 is 1.27 bits per heavy atom. The van der Waals surface area contributed by atoms with Crippen LogP contribution in [0.3, 0.4) is 0 Å². The lowest BCUT2D eigenvalue weighted by Gasteiger charge is -2.36. The van der Waals surface area contributed by atoms with E-state index in [4.69, 9.17) is 37.9 Å². The maximum atomic E-state index is 15.6. The van der Waals surface area contributed by atoms with Crippen LogP contribution in [0.2, 0.25) is 0 Å². The maximum absolute atomic E-state index is 15.6. The van der Waals surface area contributed by atoms with Gasteiger partial charge in [-0.3, -0.25) is 76.9 Å². The minimum absolute atomic E-state index is 0.00688. The lowest BCUT2D eigenvalue weighted by atomic mass is 9.72. The van der Waals surface area contributed by atoms with E-state index in [1.165, 1.54) is 35.2 Å². The van der Waals surface area contributed by atoms with Crippen LogP contribution in [0.25, 0.3) is 0 Å². The van der Waals surface area contributed by atoms with Gasteiger partial charge in [0, 0.05) is 133 Å². The molecule has 3 fully saturated rings. The molecule has 8 amide bonds. The molecule has 0 bridgehead atoms. The number of aliphatic carboxylic acids is 3. The number of carbonyl (C=O) groups is 14. The van der Waals surface area contributed by atoms with E-state index in [0.29, 0.717) is 30.6 Å². The topological polar surface area (TPSA) is 441 Å². The van der Waals surface area contributed by atoms with Crippen molar-refractivity contribution in [3.63, 3.8) is 0 Å². The molecule has 5 rings (SSSR count). The Kier molecular flexibility index (Phi) is 39.1. The van der Waals surface area contributed by atoms with Crippen molar-refractivity contribution < 1.29 is 120 Å². The van der Waals surface area contributed by atoms with Crippen molar-refractivity contribution in [1.82, 2.24) is 40.9 Å². The van der Waals surface area contributed by atoms with Gasteiger partial charge < -0.3 is 94.1 Å². The van der Waals surface area contributed by atoms with E-state index in [1.54, 1.807) is 83.6 Å². The van der Waals surface area contributed by atoms with Gasteiger partial charge in [0.2, 0.25) is 35.4 Å². The fraction of sp³-hybridized carbons (Fsp3) is 0.675. The zero-order valence-electron chi connectivity index (χ0n) is 69.5. The SMILES string of the molecule is CCOC(=O)C(C(CC(C(=O)O)C(C(=O)NCCCN(C)C)C(CC1C(=O)N(CCCN(C)C)C(=O)C1C(CC1C(=O)N(CCCNC(=O)c2ccc(N(C)C)cc2)C(=O)C1C(CC(C(=O)O)C(C(=O)NCCCNC(=O)c1ccc(N(C)C)cc1)C(CC)OC)OC)OC)OC)OC)C(CC(OC)C1C(=O)OC(=O)C1C)C(=O)O. The van der Waals surface area contributed by atoms with Gasteiger partial charge >= 0.3 is 35.8 Å². The van der Waals surface area contributed by atoms with Crippen LogP contribution in [0.5, 0.6) is 0 Å². The lowest BCUT2D eigenvalue weighted by molar-refractivity contribution is -0.169. The monoisotopic (exact) mass is 1620 g/mol. The van der Waals surface area contributed by atoms with Crippen LogP contribution < -0.4 is 31.1 Å². The van der Waals surface area contributed by atoms with E-state index in [1.807, 2.05) is 47.8 Å². The minimum atomic E-state index is -2.01. The van der Waals surface area contributed by atoms with Crippen LogP contribution in [-0.2, 0) is 95.4 Å². The van der Waals surface area contributed by atoms with Crippen molar-refractivity contribution in [3.05, 3.63) is 59.7 Å². The molecule has 2 aromatic rings. The number of esters is 3. The van der Waals surface area contributed by atoms with Gasteiger partial charge in [0.15, 0.2) is 0 Å². The summed E-state index contributed by atoms with van der Waals surface area (Å²) in [5, 5.41) is 45.1. The summed E-state index contributed by atoms with van der Waals surface area (Å²) in [4.78, 5) is 210. The number of carbonyl (C=O) groups excluding carboxylic acids is 11. The first kappa shape index (κ1) is 96.5. The molecule has 0 aromatic heterocycles. The number of carboxylic acids is 3. The van der Waals surface area contributed by atoms with Gasteiger partial charge in [0.05, 0.1) is 114 Å². The summed E-state index contributed by atoms with van der Waals surface area (Å²) >= 11 is 0. The zero-order chi connectivity index (χ0) is 85.8. The van der Waals surface area contributed by atoms with Crippen LogP contribution in [-0.4, -0.2) is 313 Å². The molecule has 3 aliphatic rings. The second-order valence-electron chi connectivity index (χ2n) is 30.4. The second-order valence-corrected chi connectivity index (χ2v) is 30.4. The van der Waals surface area contributed by atoms with Crippen molar-refractivity contribution in [1.29, 1.82) is 0 Å². The number of ether oxygens (including phenoxy) is 8.